The number of aromatic nitrogens is 3. The van der Waals surface area contributed by atoms with Crippen LogP contribution < -0.4 is 15.4 Å². The largest absolute Gasteiger partial charge is 0.491 e. The van der Waals surface area contributed by atoms with E-state index in [9.17, 15) is 0 Å². The molecule has 0 spiro atoms. The maximum Gasteiger partial charge on any atom is 0.139 e. The van der Waals surface area contributed by atoms with Gasteiger partial charge in [0.2, 0.25) is 0 Å². The number of methoxy groups -OCH3 is 1. The normalized spacial score (nSPS) is 16.0. The number of hydrogen-bond donors (Lipinski definition) is 1. The van der Waals surface area contributed by atoms with Gasteiger partial charge in [-0.2, -0.15) is 0 Å². The molecule has 4 aromatic rings. The fraction of sp³-hybridized carbons (Fsp3) is 0.360. The highest BCUT2D eigenvalue weighted by Crippen LogP contribution is 2.28. The topological polar surface area (TPSA) is 78.4 Å². The molecule has 0 atom stereocenters. The Morgan fingerprint density at radius 3 is 2.66 bits per heavy atom. The molecule has 2 N–H and O–H groups in total. The van der Waals surface area contributed by atoms with E-state index in [1.807, 2.05) is 35.2 Å². The number of ether oxygens (including phenoxy) is 2. The zero-order valence-corrected chi connectivity index (χ0v) is 18.6. The van der Waals surface area contributed by atoms with Gasteiger partial charge >= 0.3 is 0 Å². The van der Waals surface area contributed by atoms with Crippen molar-refractivity contribution in [2.75, 3.05) is 38.3 Å². The first-order valence-electron chi connectivity index (χ1n) is 11.1. The molecule has 7 heteroatoms. The molecule has 1 aliphatic rings. The number of benzene rings is 2. The third-order valence-electron chi connectivity index (χ3n) is 6.25. The summed E-state index contributed by atoms with van der Waals surface area (Å²) in [6.45, 7) is 5.19. The summed E-state index contributed by atoms with van der Waals surface area (Å²) in [4.78, 5) is 11.9. The van der Waals surface area contributed by atoms with Gasteiger partial charge in [0.15, 0.2) is 0 Å². The summed E-state index contributed by atoms with van der Waals surface area (Å²) < 4.78 is 12.7. The molecule has 1 aliphatic heterocycles. The van der Waals surface area contributed by atoms with Crippen molar-refractivity contribution in [2.24, 2.45) is 5.73 Å². The van der Waals surface area contributed by atoms with Crippen LogP contribution in [0.25, 0.3) is 27.8 Å². The summed E-state index contributed by atoms with van der Waals surface area (Å²) >= 11 is 0. The number of rotatable bonds is 6. The molecule has 0 unspecified atom stereocenters. The maximum absolute atomic E-state index is 6.29. The van der Waals surface area contributed by atoms with Crippen LogP contribution in [0.2, 0.25) is 0 Å². The number of hydrogen-bond acceptors (Lipinski definition) is 6. The smallest absolute Gasteiger partial charge is 0.139 e. The van der Waals surface area contributed by atoms with Crippen LogP contribution >= 0.6 is 0 Å². The summed E-state index contributed by atoms with van der Waals surface area (Å²) in [5.41, 5.74) is 10.3. The third kappa shape index (κ3) is 4.13. The highest BCUT2D eigenvalue weighted by Gasteiger charge is 2.26. The lowest BCUT2D eigenvalue weighted by atomic mass is 9.91. The third-order valence-corrected chi connectivity index (χ3v) is 6.25. The van der Waals surface area contributed by atoms with E-state index in [1.165, 1.54) is 5.69 Å². The summed E-state index contributed by atoms with van der Waals surface area (Å²) in [5.74, 6) is 1.63. The van der Waals surface area contributed by atoms with Gasteiger partial charge in [0.05, 0.1) is 23.2 Å². The molecule has 0 bridgehead atoms. The number of imidazole rings is 1. The van der Waals surface area contributed by atoms with Gasteiger partial charge in [-0.05, 0) is 62.2 Å². The van der Waals surface area contributed by atoms with Gasteiger partial charge in [-0.3, -0.25) is 4.57 Å². The van der Waals surface area contributed by atoms with Crippen LogP contribution in [-0.2, 0) is 4.74 Å². The van der Waals surface area contributed by atoms with Crippen molar-refractivity contribution >= 4 is 27.6 Å². The predicted octanol–water partition coefficient (Wildman–Crippen LogP) is 3.92. The number of nitrogens with two attached hydrogens (primary N) is 1. The Morgan fingerprint density at radius 1 is 1.00 bits per heavy atom. The molecule has 32 heavy (non-hydrogen) atoms. The van der Waals surface area contributed by atoms with Gasteiger partial charge in [-0.15, -0.1) is 0 Å². The lowest BCUT2D eigenvalue weighted by molar-refractivity contribution is 0.146. The van der Waals surface area contributed by atoms with Crippen molar-refractivity contribution in [1.82, 2.24) is 14.5 Å². The zero-order valence-electron chi connectivity index (χ0n) is 18.6. The number of pyridine rings is 1. The Morgan fingerprint density at radius 2 is 1.84 bits per heavy atom. The number of nitrogens with zero attached hydrogens (tertiary/aromatic N) is 4. The molecule has 3 heterocycles. The molecule has 0 aliphatic carbocycles. The fourth-order valence-corrected chi connectivity index (χ4v) is 4.22. The van der Waals surface area contributed by atoms with Crippen molar-refractivity contribution in [3.05, 3.63) is 54.9 Å². The second-order valence-electron chi connectivity index (χ2n) is 8.79. The molecule has 0 radical (unpaired) electrons. The summed E-state index contributed by atoms with van der Waals surface area (Å²) in [6.07, 6.45) is 3.83. The summed E-state index contributed by atoms with van der Waals surface area (Å²) in [7, 11) is 1.66. The highest BCUT2D eigenvalue weighted by molar-refractivity contribution is 5.84. The highest BCUT2D eigenvalue weighted by atomic mass is 16.5. The average Bonchev–Trinajstić information content (AvgIpc) is 3.22. The van der Waals surface area contributed by atoms with Gasteiger partial charge in [0, 0.05) is 42.9 Å². The van der Waals surface area contributed by atoms with Gasteiger partial charge < -0.3 is 20.1 Å². The number of fused-ring (bicyclic) bond motifs is 2. The fourth-order valence-electron chi connectivity index (χ4n) is 4.22. The average molecular weight is 432 g/mol. The Labute approximate surface area is 187 Å². The molecular weight excluding hydrogens is 402 g/mol. The van der Waals surface area contributed by atoms with Crippen LogP contribution in [-0.4, -0.2) is 53.5 Å². The number of anilines is 1. The van der Waals surface area contributed by atoms with E-state index in [-0.39, 0.29) is 5.54 Å². The van der Waals surface area contributed by atoms with Gasteiger partial charge in [-0.1, -0.05) is 0 Å². The second kappa shape index (κ2) is 8.41. The summed E-state index contributed by atoms with van der Waals surface area (Å²) in [6, 6.07) is 16.6. The Hall–Kier alpha value is -3.16. The van der Waals surface area contributed by atoms with Crippen LogP contribution in [0, 0.1) is 0 Å². The van der Waals surface area contributed by atoms with E-state index in [4.69, 9.17) is 20.2 Å². The molecule has 2 aromatic heterocycles. The SMILES string of the molecule is COCCOc1ccc2c(c1)ncn2-c1ccc2cc(N3CCC(C)(N)CC3)ccc2n1. The Kier molecular flexibility index (Phi) is 5.45. The van der Waals surface area contributed by atoms with Gasteiger partial charge in [0.25, 0.3) is 0 Å². The first-order chi connectivity index (χ1) is 15.5. The molecule has 2 aromatic carbocycles. The maximum atomic E-state index is 6.29. The van der Waals surface area contributed by atoms with E-state index >= 15 is 0 Å². The van der Waals surface area contributed by atoms with E-state index < -0.39 is 0 Å². The van der Waals surface area contributed by atoms with Gasteiger partial charge in [-0.25, -0.2) is 9.97 Å². The van der Waals surface area contributed by atoms with E-state index in [0.717, 1.165) is 59.4 Å². The van der Waals surface area contributed by atoms with Crippen molar-refractivity contribution in [3.63, 3.8) is 0 Å². The Bertz CT molecular complexity index is 1240. The van der Waals surface area contributed by atoms with Crippen molar-refractivity contribution in [1.29, 1.82) is 0 Å². The first kappa shape index (κ1) is 20.7. The minimum Gasteiger partial charge on any atom is -0.491 e. The standard InChI is InChI=1S/C25H29N5O2/c1-25(26)9-11-29(12-10-25)19-4-6-21-18(15-19)3-8-24(28-21)30-17-27-22-16-20(5-7-23(22)30)32-14-13-31-2/h3-8,15-17H,9-14,26H2,1-2H3. The van der Waals surface area contributed by atoms with E-state index in [1.54, 1.807) is 7.11 Å². The van der Waals surface area contributed by atoms with E-state index in [2.05, 4.69) is 41.1 Å². The van der Waals surface area contributed by atoms with Gasteiger partial charge in [0.1, 0.15) is 24.5 Å². The second-order valence-corrected chi connectivity index (χ2v) is 8.79. The first-order valence-corrected chi connectivity index (χ1v) is 11.1. The van der Waals surface area contributed by atoms with Crippen molar-refractivity contribution < 1.29 is 9.47 Å². The minimum absolute atomic E-state index is 0.0474. The van der Waals surface area contributed by atoms with Crippen LogP contribution in [0.4, 0.5) is 5.69 Å². The van der Waals surface area contributed by atoms with Crippen LogP contribution in [0.1, 0.15) is 19.8 Å². The number of piperidine rings is 1. The lowest BCUT2D eigenvalue weighted by Crippen LogP contribution is -2.48. The molecular formula is C25H29N5O2. The van der Waals surface area contributed by atoms with Crippen molar-refractivity contribution in [3.8, 4) is 11.6 Å². The molecule has 5 rings (SSSR count). The zero-order chi connectivity index (χ0) is 22.1. The molecule has 1 fully saturated rings. The molecule has 166 valence electrons. The lowest BCUT2D eigenvalue weighted by Gasteiger charge is -2.38. The van der Waals surface area contributed by atoms with Crippen LogP contribution in [0.3, 0.4) is 0 Å². The van der Waals surface area contributed by atoms with Crippen LogP contribution in [0.5, 0.6) is 5.75 Å². The van der Waals surface area contributed by atoms with E-state index in [0.29, 0.717) is 13.2 Å². The molecule has 0 saturated carbocycles. The van der Waals surface area contributed by atoms with Crippen LogP contribution in [0.15, 0.2) is 54.9 Å². The monoisotopic (exact) mass is 431 g/mol. The quantitative estimate of drug-likeness (QED) is 0.466. The van der Waals surface area contributed by atoms with Crippen molar-refractivity contribution in [2.45, 2.75) is 25.3 Å². The molecule has 7 nitrogen and oxygen atoms in total. The Balaban J connectivity index is 1.39. The summed E-state index contributed by atoms with van der Waals surface area (Å²) in [5, 5.41) is 1.13. The minimum atomic E-state index is -0.0474. The molecule has 0 amide bonds. The molecule has 1 saturated heterocycles. The predicted molar refractivity (Wildman–Crippen MR) is 128 cm³/mol.